The number of aromatic hydroxyl groups is 1. The first-order valence-electron chi connectivity index (χ1n) is 6.05. The fourth-order valence-electron chi connectivity index (χ4n) is 1.67. The molecule has 0 bridgehead atoms. The van der Waals surface area contributed by atoms with Gasteiger partial charge in [-0.05, 0) is 24.3 Å². The third-order valence-electron chi connectivity index (χ3n) is 2.63. The van der Waals surface area contributed by atoms with Crippen molar-refractivity contribution in [3.8, 4) is 17.3 Å². The number of hydrogen-bond donors (Lipinski definition) is 1. The van der Waals surface area contributed by atoms with E-state index in [0.29, 0.717) is 11.6 Å². The first-order valence-corrected chi connectivity index (χ1v) is 6.05. The van der Waals surface area contributed by atoms with Gasteiger partial charge in [0.1, 0.15) is 0 Å². The smallest absolute Gasteiger partial charge is 0.303 e. The van der Waals surface area contributed by atoms with Gasteiger partial charge in [-0.25, -0.2) is 0 Å². The van der Waals surface area contributed by atoms with Crippen molar-refractivity contribution in [3.05, 3.63) is 60.7 Å². The molecule has 0 unspecified atom stereocenters. The molecule has 0 saturated carbocycles. The molecular formula is C15H11N3O2. The molecule has 1 aromatic heterocycles. The lowest BCUT2D eigenvalue weighted by molar-refractivity contribution is 0.451. The van der Waals surface area contributed by atoms with Gasteiger partial charge in [0.05, 0.1) is 5.69 Å². The average molecular weight is 265 g/mol. The highest BCUT2D eigenvalue weighted by atomic mass is 16.4. The average Bonchev–Trinajstić information content (AvgIpc) is 2.88. The molecule has 5 nitrogen and oxygen atoms in total. The Balaban J connectivity index is 1.89. The Labute approximate surface area is 115 Å². The molecule has 0 radical (unpaired) electrons. The molecule has 5 heteroatoms. The molecule has 0 aliphatic rings. The fourth-order valence-corrected chi connectivity index (χ4v) is 1.67. The lowest BCUT2D eigenvalue weighted by Gasteiger charge is -1.91. The zero-order valence-electron chi connectivity index (χ0n) is 10.5. The molecule has 3 rings (SSSR count). The summed E-state index contributed by atoms with van der Waals surface area (Å²) in [5.74, 6) is 0.0290. The molecule has 0 aliphatic heterocycles. The summed E-state index contributed by atoms with van der Waals surface area (Å²) in [6.45, 7) is 0. The van der Waals surface area contributed by atoms with Crippen molar-refractivity contribution in [3.63, 3.8) is 0 Å². The Morgan fingerprint density at radius 1 is 0.850 bits per heavy atom. The molecular weight excluding hydrogens is 254 g/mol. The summed E-state index contributed by atoms with van der Waals surface area (Å²) in [5, 5.41) is 17.6. The van der Waals surface area contributed by atoms with Crippen LogP contribution < -0.4 is 0 Å². The highest BCUT2D eigenvalue weighted by Gasteiger charge is 2.13. The van der Waals surface area contributed by atoms with Crippen molar-refractivity contribution >= 4 is 11.6 Å². The van der Waals surface area contributed by atoms with Crippen LogP contribution in [0.25, 0.3) is 11.5 Å². The van der Waals surface area contributed by atoms with Crippen molar-refractivity contribution in [2.75, 3.05) is 0 Å². The Kier molecular flexibility index (Phi) is 3.24. The summed E-state index contributed by atoms with van der Waals surface area (Å²) in [7, 11) is 0. The molecule has 98 valence electrons. The van der Waals surface area contributed by atoms with E-state index in [9.17, 15) is 5.11 Å². The van der Waals surface area contributed by atoms with Gasteiger partial charge in [0.25, 0.3) is 5.88 Å². The van der Waals surface area contributed by atoms with Gasteiger partial charge in [0.2, 0.25) is 5.89 Å². The second kappa shape index (κ2) is 5.36. The number of nitrogens with zero attached hydrogens (tertiary/aromatic N) is 3. The Morgan fingerprint density at radius 2 is 1.50 bits per heavy atom. The van der Waals surface area contributed by atoms with Crippen LogP contribution in [0.5, 0.6) is 5.88 Å². The molecule has 0 fully saturated rings. The van der Waals surface area contributed by atoms with Gasteiger partial charge < -0.3 is 9.52 Å². The third kappa shape index (κ3) is 2.56. The first kappa shape index (κ1) is 12.1. The van der Waals surface area contributed by atoms with E-state index in [1.165, 1.54) is 0 Å². The summed E-state index contributed by atoms with van der Waals surface area (Å²) in [6, 6.07) is 18.5. The zero-order chi connectivity index (χ0) is 13.8. The normalized spacial score (nSPS) is 11.0. The first-order chi connectivity index (χ1) is 9.83. The number of azo groups is 1. The summed E-state index contributed by atoms with van der Waals surface area (Å²) in [6.07, 6.45) is 0. The van der Waals surface area contributed by atoms with E-state index in [0.717, 1.165) is 5.56 Å². The van der Waals surface area contributed by atoms with Crippen molar-refractivity contribution in [2.45, 2.75) is 0 Å². The topological polar surface area (TPSA) is 71.0 Å². The van der Waals surface area contributed by atoms with Crippen molar-refractivity contribution in [1.82, 2.24) is 4.98 Å². The van der Waals surface area contributed by atoms with Crippen LogP contribution in [-0.4, -0.2) is 10.1 Å². The maximum absolute atomic E-state index is 9.71. The van der Waals surface area contributed by atoms with Crippen molar-refractivity contribution in [1.29, 1.82) is 0 Å². The van der Waals surface area contributed by atoms with Gasteiger partial charge in [-0.1, -0.05) is 36.4 Å². The Bertz CT molecular complexity index is 721. The fraction of sp³-hybridized carbons (Fsp3) is 0. The molecule has 1 heterocycles. The molecule has 2 aromatic carbocycles. The van der Waals surface area contributed by atoms with E-state index >= 15 is 0 Å². The van der Waals surface area contributed by atoms with Crippen LogP contribution in [0.15, 0.2) is 75.3 Å². The van der Waals surface area contributed by atoms with Gasteiger partial charge >= 0.3 is 5.88 Å². The quantitative estimate of drug-likeness (QED) is 0.710. The van der Waals surface area contributed by atoms with Gasteiger partial charge in [-0.15, -0.1) is 10.2 Å². The van der Waals surface area contributed by atoms with E-state index in [1.807, 2.05) is 48.5 Å². The minimum absolute atomic E-state index is 0.00675. The standard InChI is InChI=1S/C15H11N3O2/c19-13-15(18-17-12-9-5-2-6-10-12)20-14(16-13)11-7-3-1-4-8-11/h1-10,19H. The number of rotatable bonds is 3. The SMILES string of the molecule is Oc1nc(-c2ccccc2)oc1N=Nc1ccccc1. The van der Waals surface area contributed by atoms with Crippen LogP contribution in [0.3, 0.4) is 0 Å². The number of benzene rings is 2. The molecule has 1 N–H and O–H groups in total. The summed E-state index contributed by atoms with van der Waals surface area (Å²) in [4.78, 5) is 3.93. The lowest BCUT2D eigenvalue weighted by Crippen LogP contribution is -1.74. The highest BCUT2D eigenvalue weighted by Crippen LogP contribution is 2.33. The van der Waals surface area contributed by atoms with Crippen LogP contribution in [0.4, 0.5) is 11.6 Å². The molecule has 0 atom stereocenters. The zero-order valence-corrected chi connectivity index (χ0v) is 10.5. The van der Waals surface area contributed by atoms with Crippen LogP contribution in [-0.2, 0) is 0 Å². The summed E-state index contributed by atoms with van der Waals surface area (Å²) < 4.78 is 5.40. The number of hydrogen-bond acceptors (Lipinski definition) is 5. The Morgan fingerprint density at radius 3 is 2.20 bits per heavy atom. The van der Waals surface area contributed by atoms with Crippen LogP contribution in [0.2, 0.25) is 0 Å². The Hall–Kier alpha value is -2.95. The van der Waals surface area contributed by atoms with Crippen LogP contribution in [0, 0.1) is 0 Å². The predicted molar refractivity (Wildman–Crippen MR) is 74.2 cm³/mol. The van der Waals surface area contributed by atoms with E-state index < -0.39 is 0 Å². The van der Waals surface area contributed by atoms with Crippen molar-refractivity contribution in [2.24, 2.45) is 10.2 Å². The van der Waals surface area contributed by atoms with E-state index in [2.05, 4.69) is 15.2 Å². The van der Waals surface area contributed by atoms with Gasteiger partial charge in [0, 0.05) is 5.56 Å². The maximum atomic E-state index is 9.71. The van der Waals surface area contributed by atoms with Crippen molar-refractivity contribution < 1.29 is 9.52 Å². The van der Waals surface area contributed by atoms with Gasteiger partial charge in [0.15, 0.2) is 0 Å². The maximum Gasteiger partial charge on any atom is 0.303 e. The molecule has 20 heavy (non-hydrogen) atoms. The summed E-state index contributed by atoms with van der Waals surface area (Å²) >= 11 is 0. The third-order valence-corrected chi connectivity index (χ3v) is 2.63. The van der Waals surface area contributed by atoms with E-state index in [-0.39, 0.29) is 11.8 Å². The minimum Gasteiger partial charge on any atom is -0.489 e. The molecule has 0 saturated heterocycles. The second-order valence-electron chi connectivity index (χ2n) is 4.05. The number of oxazole rings is 1. The van der Waals surface area contributed by atoms with E-state index in [4.69, 9.17) is 4.42 Å². The van der Waals surface area contributed by atoms with Crippen LogP contribution >= 0.6 is 0 Å². The molecule has 0 spiro atoms. The van der Waals surface area contributed by atoms with Crippen LogP contribution in [0.1, 0.15) is 0 Å². The minimum atomic E-state index is -0.275. The summed E-state index contributed by atoms with van der Waals surface area (Å²) in [5.41, 5.74) is 1.44. The predicted octanol–water partition coefficient (Wildman–Crippen LogP) is 4.46. The molecule has 0 amide bonds. The van der Waals surface area contributed by atoms with Gasteiger partial charge in [-0.3, -0.25) is 0 Å². The second-order valence-corrected chi connectivity index (χ2v) is 4.05. The molecule has 3 aromatic rings. The monoisotopic (exact) mass is 265 g/mol. The number of aromatic nitrogens is 1. The van der Waals surface area contributed by atoms with E-state index in [1.54, 1.807) is 12.1 Å². The van der Waals surface area contributed by atoms with Gasteiger partial charge in [-0.2, -0.15) is 4.98 Å². The molecule has 0 aliphatic carbocycles. The highest BCUT2D eigenvalue weighted by molar-refractivity contribution is 5.56. The largest absolute Gasteiger partial charge is 0.489 e. The lowest BCUT2D eigenvalue weighted by atomic mass is 10.2.